The molecule has 0 radical (unpaired) electrons. The molecule has 0 aliphatic carbocycles. The van der Waals surface area contributed by atoms with E-state index in [0.29, 0.717) is 25.2 Å². The van der Waals surface area contributed by atoms with E-state index in [1.807, 2.05) is 19.1 Å². The molecular formula is C35H56O5Si. The van der Waals surface area contributed by atoms with E-state index < -0.39 is 14.4 Å². The van der Waals surface area contributed by atoms with Gasteiger partial charge in [0.15, 0.2) is 14.1 Å². The molecule has 1 aromatic rings. The number of aromatic hydroxyl groups is 1. The first-order chi connectivity index (χ1) is 19.1. The molecule has 2 N–H and O–H groups in total. The van der Waals surface area contributed by atoms with Crippen LogP contribution in [0.3, 0.4) is 0 Å². The summed E-state index contributed by atoms with van der Waals surface area (Å²) in [4.78, 5) is 13.2. The van der Waals surface area contributed by atoms with E-state index in [-0.39, 0.29) is 40.6 Å². The van der Waals surface area contributed by atoms with Crippen molar-refractivity contribution >= 4 is 14.1 Å². The molecule has 1 rings (SSSR count). The predicted molar refractivity (Wildman–Crippen MR) is 174 cm³/mol. The minimum absolute atomic E-state index is 0.101. The maximum atomic E-state index is 13.2. The Hall–Kier alpha value is -2.33. The molecule has 0 fully saturated rings. The second kappa shape index (κ2) is 16.9. The zero-order valence-electron chi connectivity index (χ0n) is 27.3. The van der Waals surface area contributed by atoms with Gasteiger partial charge in [0.25, 0.3) is 0 Å². The summed E-state index contributed by atoms with van der Waals surface area (Å²) in [5, 5.41) is 21.7. The number of Topliss-reactive ketones (excluding diaryl/α,β-unsaturated/α-hetero) is 1. The topological polar surface area (TPSA) is 76.0 Å². The normalized spacial score (nSPS) is 13.4. The van der Waals surface area contributed by atoms with Crippen molar-refractivity contribution in [1.82, 2.24) is 0 Å². The van der Waals surface area contributed by atoms with E-state index in [1.165, 1.54) is 19.3 Å². The van der Waals surface area contributed by atoms with Crippen LogP contribution >= 0.6 is 0 Å². The number of carbonyl (C=O) groups is 1. The molecule has 6 heteroatoms. The lowest BCUT2D eigenvalue weighted by Crippen LogP contribution is -2.40. The Morgan fingerprint density at radius 3 is 2.44 bits per heavy atom. The third-order valence-electron chi connectivity index (χ3n) is 8.12. The summed E-state index contributed by atoms with van der Waals surface area (Å²) in [5.74, 6) is 6.10. The summed E-state index contributed by atoms with van der Waals surface area (Å²) in [6.07, 6.45) is 9.28. The third-order valence-corrected chi connectivity index (χ3v) is 12.6. The number of ketones is 1. The van der Waals surface area contributed by atoms with E-state index in [9.17, 15) is 15.0 Å². The number of unbranched alkanes of at least 4 members (excludes halogenated alkanes) is 3. The Balaban J connectivity index is 2.86. The fourth-order valence-corrected chi connectivity index (χ4v) is 5.11. The Morgan fingerprint density at radius 1 is 1.15 bits per heavy atom. The summed E-state index contributed by atoms with van der Waals surface area (Å²) in [7, 11) is -1.82. The minimum atomic E-state index is -1.82. The van der Waals surface area contributed by atoms with Gasteiger partial charge in [-0.2, -0.15) is 0 Å². The molecule has 0 aliphatic heterocycles. The smallest absolute Gasteiger partial charge is 0.193 e. The molecule has 1 atom stereocenters. The van der Waals surface area contributed by atoms with Crippen molar-refractivity contribution in [1.29, 1.82) is 0 Å². The van der Waals surface area contributed by atoms with Crippen molar-refractivity contribution in [3.63, 3.8) is 0 Å². The number of carbonyl (C=O) groups excluding carboxylic acids is 1. The number of aliphatic hydroxyl groups is 1. The van der Waals surface area contributed by atoms with E-state index in [4.69, 9.17) is 9.16 Å². The Bertz CT molecular complexity index is 1080. The fourth-order valence-electron chi connectivity index (χ4n) is 4.24. The number of benzene rings is 1. The SMILES string of the molecule is C=CCOc1cc(C(C)(C)CCCCCC)cc(O)c1C(=O)CC(O)CC/C=C(\C)C#CCO[Si](C)(C)C(C)(C)C. The van der Waals surface area contributed by atoms with Crippen molar-refractivity contribution < 1.29 is 24.2 Å². The lowest BCUT2D eigenvalue weighted by atomic mass is 9.79. The van der Waals surface area contributed by atoms with Crippen LogP contribution in [0.4, 0.5) is 0 Å². The second-order valence-electron chi connectivity index (χ2n) is 13.3. The summed E-state index contributed by atoms with van der Waals surface area (Å²) in [6.45, 7) is 23.8. The Labute approximate surface area is 251 Å². The summed E-state index contributed by atoms with van der Waals surface area (Å²) >= 11 is 0. The van der Waals surface area contributed by atoms with Crippen molar-refractivity contribution in [2.45, 2.75) is 129 Å². The number of aliphatic hydroxyl groups excluding tert-OH is 1. The van der Waals surface area contributed by atoms with Crippen LogP contribution in [-0.2, 0) is 9.84 Å². The molecule has 1 aromatic carbocycles. The van der Waals surface area contributed by atoms with E-state index in [1.54, 1.807) is 12.1 Å². The molecule has 0 aromatic heterocycles. The quantitative estimate of drug-likeness (QED) is 0.0629. The Morgan fingerprint density at radius 2 is 1.83 bits per heavy atom. The highest BCUT2D eigenvalue weighted by molar-refractivity contribution is 6.74. The maximum Gasteiger partial charge on any atom is 0.193 e. The number of phenolic OH excluding ortho intramolecular Hbond substituents is 1. The zero-order valence-corrected chi connectivity index (χ0v) is 28.3. The monoisotopic (exact) mass is 584 g/mol. The van der Waals surface area contributed by atoms with Gasteiger partial charge >= 0.3 is 0 Å². The van der Waals surface area contributed by atoms with Crippen molar-refractivity contribution in [3.8, 4) is 23.3 Å². The number of hydrogen-bond donors (Lipinski definition) is 2. The van der Waals surface area contributed by atoms with Gasteiger partial charge in [-0.3, -0.25) is 4.79 Å². The van der Waals surface area contributed by atoms with Crippen molar-refractivity contribution in [2.24, 2.45) is 0 Å². The summed E-state index contributed by atoms with van der Waals surface area (Å²) in [5.41, 5.74) is 1.78. The van der Waals surface area contributed by atoms with Crippen LogP contribution in [0.25, 0.3) is 0 Å². The Kier molecular flexibility index (Phi) is 15.2. The van der Waals surface area contributed by atoms with Crippen molar-refractivity contribution in [2.75, 3.05) is 13.2 Å². The summed E-state index contributed by atoms with van der Waals surface area (Å²) in [6, 6.07) is 3.54. The highest BCUT2D eigenvalue weighted by Gasteiger charge is 2.36. The molecule has 0 aliphatic rings. The predicted octanol–water partition coefficient (Wildman–Crippen LogP) is 8.89. The van der Waals surface area contributed by atoms with Gasteiger partial charge in [0.2, 0.25) is 0 Å². The number of ether oxygens (including phenoxy) is 1. The van der Waals surface area contributed by atoms with Gasteiger partial charge in [-0.1, -0.05) is 97.8 Å². The molecule has 5 nitrogen and oxygen atoms in total. The molecule has 230 valence electrons. The van der Waals surface area contributed by atoms with Crippen molar-refractivity contribution in [3.05, 3.63) is 47.6 Å². The first kappa shape index (κ1) is 36.7. The third kappa shape index (κ3) is 12.6. The fraction of sp³-hybridized carbons (Fsp3) is 0.629. The lowest BCUT2D eigenvalue weighted by molar-refractivity contribution is 0.0863. The van der Waals surface area contributed by atoms with Gasteiger partial charge in [0, 0.05) is 6.42 Å². The van der Waals surface area contributed by atoms with Crippen LogP contribution in [0, 0.1) is 11.8 Å². The first-order valence-corrected chi connectivity index (χ1v) is 18.1. The minimum Gasteiger partial charge on any atom is -0.507 e. The van der Waals surface area contributed by atoms with Crippen LogP contribution in [0.2, 0.25) is 18.1 Å². The number of allylic oxidation sites excluding steroid dienone is 2. The van der Waals surface area contributed by atoms with Gasteiger partial charge in [0.05, 0.1) is 12.7 Å². The number of hydrogen-bond acceptors (Lipinski definition) is 5. The van der Waals surface area contributed by atoms with Crippen LogP contribution in [-0.4, -0.2) is 43.6 Å². The van der Waals surface area contributed by atoms with Crippen LogP contribution in [0.15, 0.2) is 36.4 Å². The molecule has 1 unspecified atom stereocenters. The van der Waals surface area contributed by atoms with Crippen LogP contribution in [0.1, 0.15) is 116 Å². The van der Waals surface area contributed by atoms with Gasteiger partial charge in [-0.15, -0.1) is 0 Å². The molecule has 0 spiro atoms. The average molecular weight is 585 g/mol. The van der Waals surface area contributed by atoms with Crippen LogP contribution in [0.5, 0.6) is 11.5 Å². The largest absolute Gasteiger partial charge is 0.507 e. The number of phenols is 1. The maximum absolute atomic E-state index is 13.2. The molecule has 0 amide bonds. The van der Waals surface area contributed by atoms with E-state index >= 15 is 0 Å². The van der Waals surface area contributed by atoms with E-state index in [0.717, 1.165) is 24.0 Å². The van der Waals surface area contributed by atoms with Gasteiger partial charge in [0.1, 0.15) is 23.7 Å². The van der Waals surface area contributed by atoms with Gasteiger partial charge in [-0.05, 0) is 73.0 Å². The summed E-state index contributed by atoms with van der Waals surface area (Å²) < 4.78 is 11.9. The molecule has 0 saturated heterocycles. The lowest BCUT2D eigenvalue weighted by Gasteiger charge is -2.35. The second-order valence-corrected chi connectivity index (χ2v) is 18.1. The zero-order chi connectivity index (χ0) is 31.3. The van der Waals surface area contributed by atoms with Crippen LogP contribution < -0.4 is 4.74 Å². The average Bonchev–Trinajstić information content (AvgIpc) is 2.86. The highest BCUT2D eigenvalue weighted by Crippen LogP contribution is 2.39. The molecular weight excluding hydrogens is 528 g/mol. The first-order valence-electron chi connectivity index (χ1n) is 15.2. The standard InChI is InChI=1S/C35H56O5Si/c1-11-13-14-15-21-35(7,8)28-24-30(37)33(32(25-28)39-22-12-2)31(38)26-29(36)20-16-18-27(3)19-17-23-40-41(9,10)34(4,5)6/h12,18,24-25,29,36-37H,2,11,13-16,20-23,26H2,1,3-10H3/b27-18+. The highest BCUT2D eigenvalue weighted by atomic mass is 28.4. The molecule has 0 bridgehead atoms. The van der Waals surface area contributed by atoms with Gasteiger partial charge in [-0.25, -0.2) is 0 Å². The van der Waals surface area contributed by atoms with E-state index in [2.05, 4.69) is 73.1 Å². The molecule has 41 heavy (non-hydrogen) atoms. The number of rotatable bonds is 17. The molecule has 0 saturated carbocycles. The van der Waals surface area contributed by atoms with Gasteiger partial charge < -0.3 is 19.4 Å². The molecule has 0 heterocycles.